The van der Waals surface area contributed by atoms with Crippen LogP contribution in [-0.4, -0.2) is 52.8 Å². The number of benzene rings is 1. The number of carbonyl (C=O) groups is 1. The SMILES string of the molecule is CN(C)CCNC(=O)Cn1cnc2cccc([NH+]([O-])O)c2c1=O.Cl. The zero-order valence-electron chi connectivity index (χ0n) is 13.4. The Kier molecular flexibility index (Phi) is 7.26. The molecule has 132 valence electrons. The van der Waals surface area contributed by atoms with Crippen molar-refractivity contribution in [3.8, 4) is 0 Å². The highest BCUT2D eigenvalue weighted by Crippen LogP contribution is 2.13. The molecule has 1 atom stereocenters. The molecule has 9 nitrogen and oxygen atoms in total. The van der Waals surface area contributed by atoms with Crippen LogP contribution in [0.4, 0.5) is 5.69 Å². The Morgan fingerprint density at radius 2 is 2.17 bits per heavy atom. The summed E-state index contributed by atoms with van der Waals surface area (Å²) in [5, 5.41) is 21.9. The number of amides is 1. The van der Waals surface area contributed by atoms with Crippen molar-refractivity contribution in [1.29, 1.82) is 0 Å². The van der Waals surface area contributed by atoms with Gasteiger partial charge in [0.25, 0.3) is 5.56 Å². The number of aromatic nitrogens is 2. The average molecular weight is 358 g/mol. The molecule has 1 unspecified atom stereocenters. The lowest BCUT2D eigenvalue weighted by atomic mass is 10.2. The molecular formula is C14H20ClN5O4. The second kappa shape index (κ2) is 8.71. The minimum absolute atomic E-state index is 0. The summed E-state index contributed by atoms with van der Waals surface area (Å²) in [6.07, 6.45) is 1.25. The number of likely N-dealkylation sites (N-methyl/N-ethyl adjacent to an activating group) is 1. The number of hydrogen-bond acceptors (Lipinski definition) is 6. The van der Waals surface area contributed by atoms with E-state index in [2.05, 4.69) is 10.3 Å². The summed E-state index contributed by atoms with van der Waals surface area (Å²) in [7, 11) is 3.77. The van der Waals surface area contributed by atoms with Gasteiger partial charge in [-0.25, -0.2) is 10.2 Å². The number of nitrogens with zero attached hydrogens (tertiary/aromatic N) is 3. The monoisotopic (exact) mass is 357 g/mol. The van der Waals surface area contributed by atoms with Gasteiger partial charge in [0.1, 0.15) is 11.9 Å². The predicted molar refractivity (Wildman–Crippen MR) is 90.6 cm³/mol. The maximum Gasteiger partial charge on any atom is 0.267 e. The molecule has 0 aliphatic heterocycles. The van der Waals surface area contributed by atoms with Crippen molar-refractivity contribution >= 4 is 34.9 Å². The first kappa shape index (κ1) is 20.0. The van der Waals surface area contributed by atoms with E-state index in [0.717, 1.165) is 4.57 Å². The molecule has 0 saturated carbocycles. The first-order chi connectivity index (χ1) is 10.9. The molecule has 1 heterocycles. The van der Waals surface area contributed by atoms with E-state index in [9.17, 15) is 20.0 Å². The number of carbonyl (C=O) groups excluding carboxylic acids is 1. The second-order valence-electron chi connectivity index (χ2n) is 5.34. The van der Waals surface area contributed by atoms with Gasteiger partial charge in [-0.3, -0.25) is 14.2 Å². The zero-order valence-corrected chi connectivity index (χ0v) is 14.2. The minimum Gasteiger partial charge on any atom is -0.595 e. The van der Waals surface area contributed by atoms with Gasteiger partial charge in [-0.15, -0.1) is 12.4 Å². The molecule has 1 aromatic heterocycles. The lowest BCUT2D eigenvalue weighted by Gasteiger charge is -2.14. The van der Waals surface area contributed by atoms with Crippen LogP contribution in [-0.2, 0) is 11.3 Å². The van der Waals surface area contributed by atoms with Crippen LogP contribution < -0.4 is 16.1 Å². The molecule has 0 saturated heterocycles. The molecule has 0 spiro atoms. The highest BCUT2D eigenvalue weighted by atomic mass is 35.5. The number of rotatable bonds is 6. The Morgan fingerprint density at radius 1 is 1.46 bits per heavy atom. The van der Waals surface area contributed by atoms with Gasteiger partial charge in [0, 0.05) is 19.2 Å². The van der Waals surface area contributed by atoms with E-state index in [0.29, 0.717) is 18.6 Å². The third-order valence-electron chi connectivity index (χ3n) is 3.28. The standard InChI is InChI=1S/C14H19N5O4.ClH/c1-17(2)7-6-15-12(20)8-18-9-16-10-4-3-5-11(19(22)23)13(10)14(18)21;/h3-5,9,19,22H,6-8H2,1-2H3,(H,15,20);1H. The Hall–Kier alpha value is -2.04. The highest BCUT2D eigenvalue weighted by Gasteiger charge is 2.15. The third kappa shape index (κ3) is 4.73. The van der Waals surface area contributed by atoms with Crippen LogP contribution in [0.5, 0.6) is 0 Å². The summed E-state index contributed by atoms with van der Waals surface area (Å²) in [5.74, 6) is -0.331. The molecule has 0 aliphatic carbocycles. The van der Waals surface area contributed by atoms with Crippen molar-refractivity contribution in [2.24, 2.45) is 0 Å². The molecule has 3 N–H and O–H groups in total. The van der Waals surface area contributed by atoms with E-state index >= 15 is 0 Å². The molecule has 0 radical (unpaired) electrons. The molecule has 24 heavy (non-hydrogen) atoms. The van der Waals surface area contributed by atoms with Crippen LogP contribution in [0.1, 0.15) is 0 Å². The van der Waals surface area contributed by atoms with Gasteiger partial charge in [0.2, 0.25) is 5.91 Å². The van der Waals surface area contributed by atoms with Crippen molar-refractivity contribution < 1.29 is 15.2 Å². The number of quaternary nitrogens is 1. The molecule has 2 rings (SSSR count). The fraction of sp³-hybridized carbons (Fsp3) is 0.357. The summed E-state index contributed by atoms with van der Waals surface area (Å²) in [4.78, 5) is 30.3. The molecule has 0 aliphatic rings. The third-order valence-corrected chi connectivity index (χ3v) is 3.28. The van der Waals surface area contributed by atoms with Crippen LogP contribution in [0.15, 0.2) is 29.3 Å². The smallest absolute Gasteiger partial charge is 0.267 e. The number of nitrogens with one attached hydrogen (secondary N) is 2. The van der Waals surface area contributed by atoms with E-state index in [1.807, 2.05) is 19.0 Å². The Balaban J connectivity index is 0.00000288. The zero-order chi connectivity index (χ0) is 17.0. The van der Waals surface area contributed by atoms with E-state index in [4.69, 9.17) is 0 Å². The van der Waals surface area contributed by atoms with Crippen molar-refractivity contribution in [3.63, 3.8) is 0 Å². The number of halogens is 1. The Bertz CT molecular complexity index is 762. The summed E-state index contributed by atoms with van der Waals surface area (Å²) in [6.45, 7) is 0.935. The summed E-state index contributed by atoms with van der Waals surface area (Å²) >= 11 is 0. The lowest BCUT2D eigenvalue weighted by molar-refractivity contribution is -0.990. The van der Waals surface area contributed by atoms with E-state index < -0.39 is 10.8 Å². The van der Waals surface area contributed by atoms with Crippen molar-refractivity contribution in [1.82, 2.24) is 19.8 Å². The van der Waals surface area contributed by atoms with Gasteiger partial charge in [-0.1, -0.05) is 6.07 Å². The topological polar surface area (TPSA) is 115 Å². The predicted octanol–water partition coefficient (Wildman–Crippen LogP) is -1.10. The van der Waals surface area contributed by atoms with E-state index in [1.165, 1.54) is 18.5 Å². The van der Waals surface area contributed by atoms with Gasteiger partial charge in [-0.05, 0) is 20.2 Å². The minimum atomic E-state index is -1.21. The molecule has 0 fully saturated rings. The van der Waals surface area contributed by atoms with Gasteiger partial charge in [0.05, 0.1) is 11.8 Å². The first-order valence-corrected chi connectivity index (χ1v) is 7.03. The van der Waals surface area contributed by atoms with Crippen LogP contribution in [0, 0.1) is 5.21 Å². The van der Waals surface area contributed by atoms with Gasteiger partial charge in [0.15, 0.2) is 5.69 Å². The van der Waals surface area contributed by atoms with Crippen molar-refractivity contribution in [2.75, 3.05) is 27.2 Å². The summed E-state index contributed by atoms with van der Waals surface area (Å²) < 4.78 is 1.11. The molecule has 10 heteroatoms. The molecule has 1 aromatic carbocycles. The van der Waals surface area contributed by atoms with Crippen LogP contribution in [0.2, 0.25) is 0 Å². The Morgan fingerprint density at radius 3 is 2.79 bits per heavy atom. The molecule has 2 aromatic rings. The average Bonchev–Trinajstić information content (AvgIpc) is 2.49. The van der Waals surface area contributed by atoms with Crippen LogP contribution in [0.3, 0.4) is 0 Å². The van der Waals surface area contributed by atoms with Gasteiger partial charge in [-0.2, -0.15) is 5.23 Å². The van der Waals surface area contributed by atoms with Crippen molar-refractivity contribution in [3.05, 3.63) is 40.1 Å². The first-order valence-electron chi connectivity index (χ1n) is 7.03. The number of fused-ring (bicyclic) bond motifs is 1. The largest absolute Gasteiger partial charge is 0.595 e. The molecular weight excluding hydrogens is 338 g/mol. The number of hydrogen-bond donors (Lipinski definition) is 3. The van der Waals surface area contributed by atoms with E-state index in [1.54, 1.807) is 6.07 Å². The lowest BCUT2D eigenvalue weighted by Crippen LogP contribution is -2.99. The van der Waals surface area contributed by atoms with Gasteiger partial charge >= 0.3 is 0 Å². The van der Waals surface area contributed by atoms with Crippen molar-refractivity contribution in [2.45, 2.75) is 6.54 Å². The van der Waals surface area contributed by atoms with Crippen LogP contribution in [0.25, 0.3) is 10.9 Å². The second-order valence-corrected chi connectivity index (χ2v) is 5.34. The molecule has 1 amide bonds. The fourth-order valence-electron chi connectivity index (χ4n) is 2.12. The summed E-state index contributed by atoms with van der Waals surface area (Å²) in [6, 6.07) is 4.43. The fourth-order valence-corrected chi connectivity index (χ4v) is 2.12. The molecule has 0 bridgehead atoms. The van der Waals surface area contributed by atoms with Crippen LogP contribution >= 0.6 is 12.4 Å². The maximum atomic E-state index is 12.4. The maximum absolute atomic E-state index is 12.4. The normalized spacial score (nSPS) is 12.0. The highest BCUT2D eigenvalue weighted by molar-refractivity contribution is 5.87. The van der Waals surface area contributed by atoms with E-state index in [-0.39, 0.29) is 35.9 Å². The Labute approximate surface area is 144 Å². The quantitative estimate of drug-likeness (QED) is 0.565. The summed E-state index contributed by atoms with van der Waals surface area (Å²) in [5.41, 5.74) is -0.378. The van der Waals surface area contributed by atoms with Gasteiger partial charge < -0.3 is 15.4 Å².